The van der Waals surface area contributed by atoms with Gasteiger partial charge in [-0.25, -0.2) is 0 Å². The van der Waals surface area contributed by atoms with E-state index in [-0.39, 0.29) is 47.5 Å². The van der Waals surface area contributed by atoms with Gasteiger partial charge in [-0.3, -0.25) is 0 Å². The largest absolute Gasteiger partial charge is 1.00 e. The standard InChI is InChI=1S/C18H15P.2BrH.H2S/c1-4-10-16(11-5-1)19(17-12-6-2-7-13-17)18-14-8-3-9-15-18;;;/h1-15H;2*1H;1H2. The SMILES string of the molecule is [Br-].[Br-].[SH3+].c1ccc([PH+](c2ccccc2)c2ccccc2)cc1. The lowest BCUT2D eigenvalue weighted by Gasteiger charge is -2.10. The van der Waals surface area contributed by atoms with E-state index in [2.05, 4.69) is 91.0 Å². The Kier molecular flexibility index (Phi) is 10.7. The van der Waals surface area contributed by atoms with Crippen molar-refractivity contribution in [2.45, 2.75) is 0 Å². The summed E-state index contributed by atoms with van der Waals surface area (Å²) in [6, 6.07) is 32.5. The number of benzene rings is 3. The van der Waals surface area contributed by atoms with Crippen LogP contribution in [0.25, 0.3) is 0 Å². The molecule has 0 saturated carbocycles. The summed E-state index contributed by atoms with van der Waals surface area (Å²) in [5.74, 6) is 0. The van der Waals surface area contributed by atoms with Gasteiger partial charge in [0.2, 0.25) is 0 Å². The summed E-state index contributed by atoms with van der Waals surface area (Å²) in [4.78, 5) is 0. The molecule has 0 amide bonds. The summed E-state index contributed by atoms with van der Waals surface area (Å²) in [5, 5.41) is 4.31. The lowest BCUT2D eigenvalue weighted by molar-refractivity contribution is -0.001000. The van der Waals surface area contributed by atoms with Crippen LogP contribution < -0.4 is 49.9 Å². The van der Waals surface area contributed by atoms with E-state index in [1.165, 1.54) is 15.9 Å². The molecule has 3 aromatic rings. The van der Waals surface area contributed by atoms with E-state index in [0.717, 1.165) is 0 Å². The van der Waals surface area contributed by atoms with Gasteiger partial charge in [-0.2, -0.15) is 0 Å². The smallest absolute Gasteiger partial charge is 0.102 e. The van der Waals surface area contributed by atoms with Gasteiger partial charge in [0.1, 0.15) is 15.9 Å². The predicted octanol–water partition coefficient (Wildman–Crippen LogP) is -3.62. The van der Waals surface area contributed by atoms with Crippen molar-refractivity contribution in [3.63, 3.8) is 0 Å². The van der Waals surface area contributed by atoms with Crippen LogP contribution >= 0.6 is 7.92 Å². The van der Waals surface area contributed by atoms with Crippen LogP contribution in [-0.4, -0.2) is 0 Å². The lowest BCUT2D eigenvalue weighted by Crippen LogP contribution is -3.00. The van der Waals surface area contributed by atoms with Gasteiger partial charge in [0.15, 0.2) is 0 Å². The molecule has 0 aromatic heterocycles. The van der Waals surface area contributed by atoms with E-state index in [1.807, 2.05) is 0 Å². The molecule has 0 bridgehead atoms. The van der Waals surface area contributed by atoms with Gasteiger partial charge in [-0.05, 0) is 36.4 Å². The molecule has 3 rings (SSSR count). The normalized spacial score (nSPS) is 9.14. The van der Waals surface area contributed by atoms with Crippen LogP contribution in [0, 0.1) is 0 Å². The number of rotatable bonds is 3. The van der Waals surface area contributed by atoms with Gasteiger partial charge in [-0.15, -0.1) is 0 Å². The van der Waals surface area contributed by atoms with Crippen LogP contribution in [0.3, 0.4) is 0 Å². The molecule has 3 aromatic carbocycles. The monoisotopic (exact) mass is 456 g/mol. The Morgan fingerprint density at radius 1 is 0.409 bits per heavy atom. The second-order valence-corrected chi connectivity index (χ2v) is 6.96. The Morgan fingerprint density at radius 3 is 0.864 bits per heavy atom. The molecule has 0 heterocycles. The highest BCUT2D eigenvalue weighted by Crippen LogP contribution is 2.32. The molecule has 0 aliphatic carbocycles. The highest BCUT2D eigenvalue weighted by molar-refractivity contribution is 7.79. The number of hydrogen-bond donors (Lipinski definition) is 0. The van der Waals surface area contributed by atoms with E-state index < -0.39 is 7.92 Å². The van der Waals surface area contributed by atoms with Gasteiger partial charge in [0.25, 0.3) is 0 Å². The molecule has 22 heavy (non-hydrogen) atoms. The Labute approximate surface area is 161 Å². The molecule has 0 unspecified atom stereocenters. The summed E-state index contributed by atoms with van der Waals surface area (Å²) >= 11 is 0. The first-order chi connectivity index (χ1) is 9.45. The second kappa shape index (κ2) is 11.0. The van der Waals surface area contributed by atoms with Crippen molar-refractivity contribution in [1.82, 2.24) is 0 Å². The first kappa shape index (κ1) is 21.4. The molecule has 0 spiro atoms. The van der Waals surface area contributed by atoms with E-state index in [1.54, 1.807) is 0 Å². The first-order valence-corrected chi connectivity index (χ1v) is 7.98. The lowest BCUT2D eigenvalue weighted by atomic mass is 10.4. The third kappa shape index (κ3) is 5.24. The topological polar surface area (TPSA) is 0 Å². The van der Waals surface area contributed by atoms with Crippen LogP contribution in [0.5, 0.6) is 0 Å². The molecule has 4 heteroatoms. The van der Waals surface area contributed by atoms with Crippen molar-refractivity contribution in [2.24, 2.45) is 0 Å². The molecule has 0 N–H and O–H groups in total. The minimum absolute atomic E-state index is 0. The van der Waals surface area contributed by atoms with E-state index in [4.69, 9.17) is 0 Å². The quantitative estimate of drug-likeness (QED) is 0.281. The van der Waals surface area contributed by atoms with E-state index >= 15 is 0 Å². The molecule has 0 radical (unpaired) electrons. The fraction of sp³-hybridized carbons (Fsp3) is 0. The van der Waals surface area contributed by atoms with Crippen LogP contribution in [0.2, 0.25) is 0 Å². The molecule has 0 nitrogen and oxygen atoms in total. The summed E-state index contributed by atoms with van der Waals surface area (Å²) in [6.07, 6.45) is 0. The molecule has 0 atom stereocenters. The van der Waals surface area contributed by atoms with Crippen molar-refractivity contribution in [3.8, 4) is 0 Å². The van der Waals surface area contributed by atoms with Crippen molar-refractivity contribution in [3.05, 3.63) is 91.0 Å². The Balaban J connectivity index is 0.00000147. The zero-order valence-corrected chi connectivity index (χ0v) is 17.3. The maximum absolute atomic E-state index is 2.24. The molecular formula is C18H19Br2PS. The van der Waals surface area contributed by atoms with E-state index in [9.17, 15) is 0 Å². The summed E-state index contributed by atoms with van der Waals surface area (Å²) in [5.41, 5.74) is 0. The summed E-state index contributed by atoms with van der Waals surface area (Å²) in [7, 11) is -0.877. The minimum atomic E-state index is -0.877. The Bertz CT molecular complexity index is 539. The molecule has 116 valence electrons. The van der Waals surface area contributed by atoms with Crippen LogP contribution in [-0.2, 0) is 13.5 Å². The van der Waals surface area contributed by atoms with Gasteiger partial charge >= 0.3 is 0 Å². The third-order valence-corrected chi connectivity index (χ3v) is 5.92. The van der Waals surface area contributed by atoms with Crippen LogP contribution in [0.4, 0.5) is 0 Å². The number of hydrogen-bond acceptors (Lipinski definition) is 0. The fourth-order valence-corrected chi connectivity index (χ4v) is 4.89. The third-order valence-electron chi connectivity index (χ3n) is 3.19. The molecular weight excluding hydrogens is 439 g/mol. The minimum Gasteiger partial charge on any atom is -1.00 e. The van der Waals surface area contributed by atoms with Gasteiger partial charge in [-0.1, -0.05) is 68.1 Å². The average Bonchev–Trinajstić information content (AvgIpc) is 2.51. The predicted molar refractivity (Wildman–Crippen MR) is 98.1 cm³/mol. The average molecular weight is 458 g/mol. The zero-order valence-electron chi connectivity index (χ0n) is 12.0. The fourth-order valence-electron chi connectivity index (χ4n) is 2.31. The van der Waals surface area contributed by atoms with Crippen LogP contribution in [0.1, 0.15) is 0 Å². The van der Waals surface area contributed by atoms with Crippen molar-refractivity contribution in [1.29, 1.82) is 0 Å². The highest BCUT2D eigenvalue weighted by atomic mass is 79.9. The maximum Gasteiger partial charge on any atom is 0.102 e. The molecule has 0 fully saturated rings. The van der Waals surface area contributed by atoms with Gasteiger partial charge < -0.3 is 34.0 Å². The van der Waals surface area contributed by atoms with E-state index in [0.29, 0.717) is 0 Å². The van der Waals surface area contributed by atoms with Crippen molar-refractivity contribution >= 4 is 37.3 Å². The Morgan fingerprint density at radius 2 is 0.636 bits per heavy atom. The highest BCUT2D eigenvalue weighted by Gasteiger charge is 2.24. The molecule has 0 aliphatic heterocycles. The Hall–Kier alpha value is -0.600. The first-order valence-electron chi connectivity index (χ1n) is 6.48. The summed E-state index contributed by atoms with van der Waals surface area (Å²) in [6.45, 7) is 0. The molecule has 0 saturated heterocycles. The zero-order chi connectivity index (χ0) is 12.9. The van der Waals surface area contributed by atoms with Crippen molar-refractivity contribution in [2.75, 3.05) is 0 Å². The van der Waals surface area contributed by atoms with Crippen LogP contribution in [0.15, 0.2) is 91.0 Å². The van der Waals surface area contributed by atoms with Crippen molar-refractivity contribution < 1.29 is 34.0 Å². The molecule has 0 aliphatic rings. The summed E-state index contributed by atoms with van der Waals surface area (Å²) < 4.78 is 0. The maximum atomic E-state index is 2.24. The second-order valence-electron chi connectivity index (χ2n) is 4.47. The number of halogens is 2. The van der Waals surface area contributed by atoms with Gasteiger partial charge in [0.05, 0.1) is 7.92 Å². The van der Waals surface area contributed by atoms with Gasteiger partial charge in [0, 0.05) is 0 Å².